The standard InChI is InChI=1S/C34H34N4O4.2BrH/c1-3-5-15-35-17-11-23(12-18-35)21-37-31(39)25-7-9-27-30-28(10-8-26(29(25)30)32(37)40)34(42)38(33(27)41)22-24-13-19-36(20-14-24)16-6-4-2;;/h7-14,17-20H,3-6,15-16,21-22H2,1-2H3;2*1H/q+2;;/p-2. The molecule has 0 saturated carbocycles. The van der Waals surface area contributed by atoms with Gasteiger partial charge in [0.1, 0.15) is 13.1 Å². The normalized spacial score (nSPS) is 13.7. The first-order valence-electron chi connectivity index (χ1n) is 14.7. The predicted octanol–water partition coefficient (Wildman–Crippen LogP) is -1.38. The van der Waals surface area contributed by atoms with Crippen LogP contribution in [0.3, 0.4) is 0 Å². The first kappa shape index (κ1) is 33.1. The molecule has 2 aliphatic heterocycles. The number of hydrogen-bond donors (Lipinski definition) is 0. The Morgan fingerprint density at radius 1 is 0.500 bits per heavy atom. The van der Waals surface area contributed by atoms with E-state index in [-0.39, 0.29) is 47.1 Å². The number of carbonyl (C=O) groups is 4. The van der Waals surface area contributed by atoms with E-state index < -0.39 is 23.6 Å². The van der Waals surface area contributed by atoms with Gasteiger partial charge in [-0.15, -0.1) is 0 Å². The third-order valence-corrected chi connectivity index (χ3v) is 8.20. The Balaban J connectivity index is 0.00000221. The summed E-state index contributed by atoms with van der Waals surface area (Å²) >= 11 is 0. The van der Waals surface area contributed by atoms with Gasteiger partial charge < -0.3 is 34.0 Å². The number of hydrogen-bond acceptors (Lipinski definition) is 4. The van der Waals surface area contributed by atoms with E-state index in [1.165, 1.54) is 9.80 Å². The van der Waals surface area contributed by atoms with Crippen LogP contribution in [0.15, 0.2) is 73.3 Å². The maximum Gasteiger partial charge on any atom is 0.261 e. The number of halogens is 2. The summed E-state index contributed by atoms with van der Waals surface area (Å²) in [6.07, 6.45) is 12.2. The zero-order valence-electron chi connectivity index (χ0n) is 24.8. The Bertz CT molecular complexity index is 1540. The zero-order chi connectivity index (χ0) is 29.4. The fraction of sp³-hybridized carbons (Fsp3) is 0.294. The van der Waals surface area contributed by atoms with Crippen molar-refractivity contribution in [2.24, 2.45) is 0 Å². The van der Waals surface area contributed by atoms with Gasteiger partial charge in [-0.25, -0.2) is 9.13 Å². The van der Waals surface area contributed by atoms with Gasteiger partial charge in [0.15, 0.2) is 24.8 Å². The van der Waals surface area contributed by atoms with Crippen molar-refractivity contribution in [1.82, 2.24) is 9.80 Å². The van der Waals surface area contributed by atoms with Gasteiger partial charge in [-0.05, 0) is 35.4 Å². The monoisotopic (exact) mass is 720 g/mol. The second-order valence-corrected chi connectivity index (χ2v) is 11.1. The van der Waals surface area contributed by atoms with Crippen LogP contribution in [0.1, 0.15) is 92.1 Å². The van der Waals surface area contributed by atoms with Gasteiger partial charge in [0.2, 0.25) is 0 Å². The highest BCUT2D eigenvalue weighted by molar-refractivity contribution is 6.33. The number of benzene rings is 2. The summed E-state index contributed by atoms with van der Waals surface area (Å²) in [5, 5.41) is 0.777. The quantitative estimate of drug-likeness (QED) is 0.149. The largest absolute Gasteiger partial charge is 1.00 e. The number of aromatic nitrogens is 2. The summed E-state index contributed by atoms with van der Waals surface area (Å²) in [6, 6.07) is 14.2. The lowest BCUT2D eigenvalue weighted by Gasteiger charge is -2.32. The minimum atomic E-state index is -0.429. The van der Waals surface area contributed by atoms with Gasteiger partial charge in [-0.3, -0.25) is 29.0 Å². The van der Waals surface area contributed by atoms with Crippen LogP contribution in [0.2, 0.25) is 0 Å². The van der Waals surface area contributed by atoms with E-state index in [0.717, 1.165) is 49.9 Å². The summed E-state index contributed by atoms with van der Waals surface area (Å²) in [6.45, 7) is 6.39. The van der Waals surface area contributed by atoms with Crippen LogP contribution in [0.5, 0.6) is 0 Å². The highest BCUT2D eigenvalue weighted by Crippen LogP contribution is 2.38. The van der Waals surface area contributed by atoms with Crippen molar-refractivity contribution in [1.29, 1.82) is 0 Å². The Kier molecular flexibility index (Phi) is 10.5. The molecule has 2 aromatic heterocycles. The van der Waals surface area contributed by atoms with Crippen LogP contribution in [0.4, 0.5) is 0 Å². The molecule has 10 heteroatoms. The summed E-state index contributed by atoms with van der Waals surface area (Å²) in [7, 11) is 0. The van der Waals surface area contributed by atoms with Crippen molar-refractivity contribution in [2.75, 3.05) is 0 Å². The van der Waals surface area contributed by atoms with Crippen LogP contribution < -0.4 is 43.1 Å². The molecule has 4 aromatic rings. The molecule has 0 aliphatic carbocycles. The number of amides is 4. The number of rotatable bonds is 10. The first-order valence-corrected chi connectivity index (χ1v) is 14.7. The second-order valence-electron chi connectivity index (χ2n) is 11.1. The van der Waals surface area contributed by atoms with Crippen LogP contribution in [-0.4, -0.2) is 33.4 Å². The van der Waals surface area contributed by atoms with Crippen LogP contribution in [0, 0.1) is 0 Å². The number of imide groups is 2. The van der Waals surface area contributed by atoms with E-state index in [1.807, 2.05) is 49.1 Å². The Morgan fingerprint density at radius 3 is 1.07 bits per heavy atom. The minimum Gasteiger partial charge on any atom is -1.00 e. The van der Waals surface area contributed by atoms with Crippen molar-refractivity contribution >= 4 is 34.4 Å². The van der Waals surface area contributed by atoms with E-state index in [9.17, 15) is 19.2 Å². The van der Waals surface area contributed by atoms with E-state index >= 15 is 0 Å². The molecule has 8 nitrogen and oxygen atoms in total. The van der Waals surface area contributed by atoms with Gasteiger partial charge in [0, 0.05) is 70.1 Å². The zero-order valence-corrected chi connectivity index (χ0v) is 27.9. The molecule has 4 heterocycles. The van der Waals surface area contributed by atoms with Gasteiger partial charge in [0.05, 0.1) is 13.1 Å². The molecule has 0 unspecified atom stereocenters. The Morgan fingerprint density at radius 2 is 0.795 bits per heavy atom. The second kappa shape index (κ2) is 13.9. The van der Waals surface area contributed by atoms with Gasteiger partial charge >= 0.3 is 0 Å². The lowest BCUT2D eigenvalue weighted by atomic mass is 9.85. The SMILES string of the molecule is CCCC[n+]1ccc(CN2C(=O)c3ccc4c5c(ccc(c35)C2=O)C(=O)N(Cc2cc[n+](CCCC)cc2)C4=O)cc1.[Br-].[Br-]. The van der Waals surface area contributed by atoms with Crippen molar-refractivity contribution in [3.63, 3.8) is 0 Å². The third kappa shape index (κ3) is 5.97. The Hall–Kier alpha value is -3.76. The molecular formula is C34H34Br2N4O4. The van der Waals surface area contributed by atoms with E-state index in [4.69, 9.17) is 0 Å². The molecule has 0 saturated heterocycles. The van der Waals surface area contributed by atoms with Gasteiger partial charge in [-0.2, -0.15) is 0 Å². The molecular weight excluding hydrogens is 688 g/mol. The molecule has 0 radical (unpaired) electrons. The predicted molar refractivity (Wildman–Crippen MR) is 155 cm³/mol. The number of nitrogens with zero attached hydrogens (tertiary/aromatic N) is 4. The minimum absolute atomic E-state index is 0. The lowest BCUT2D eigenvalue weighted by molar-refractivity contribution is -0.697. The molecule has 0 N–H and O–H groups in total. The average molecular weight is 722 g/mol. The maximum atomic E-state index is 13.6. The smallest absolute Gasteiger partial charge is 0.261 e. The first-order chi connectivity index (χ1) is 20.4. The number of pyridine rings is 2. The van der Waals surface area contributed by atoms with E-state index in [1.54, 1.807) is 24.3 Å². The lowest BCUT2D eigenvalue weighted by Crippen LogP contribution is -3.00. The molecule has 6 rings (SSSR count). The van der Waals surface area contributed by atoms with Gasteiger partial charge in [-0.1, -0.05) is 26.7 Å². The summed E-state index contributed by atoms with van der Waals surface area (Å²) in [4.78, 5) is 57.0. The molecule has 0 bridgehead atoms. The average Bonchev–Trinajstić information content (AvgIpc) is 3.02. The van der Waals surface area contributed by atoms with Gasteiger partial charge in [0.25, 0.3) is 23.6 Å². The third-order valence-electron chi connectivity index (χ3n) is 8.20. The molecule has 2 aliphatic rings. The molecule has 0 fully saturated rings. The maximum absolute atomic E-state index is 13.6. The fourth-order valence-electron chi connectivity index (χ4n) is 5.79. The number of carbonyl (C=O) groups excluding carboxylic acids is 4. The van der Waals surface area contributed by atoms with Crippen molar-refractivity contribution in [2.45, 2.75) is 65.7 Å². The fourth-order valence-corrected chi connectivity index (χ4v) is 5.79. The van der Waals surface area contributed by atoms with Crippen molar-refractivity contribution in [3.8, 4) is 0 Å². The van der Waals surface area contributed by atoms with E-state index in [2.05, 4.69) is 23.0 Å². The molecule has 44 heavy (non-hydrogen) atoms. The van der Waals surface area contributed by atoms with Crippen LogP contribution >= 0.6 is 0 Å². The molecule has 0 spiro atoms. The summed E-state index contributed by atoms with van der Waals surface area (Å²) < 4.78 is 4.17. The van der Waals surface area contributed by atoms with Crippen molar-refractivity contribution < 1.29 is 62.3 Å². The Labute approximate surface area is 277 Å². The topological polar surface area (TPSA) is 82.5 Å². The number of unbranched alkanes of at least 4 members (excludes halogenated alkanes) is 2. The molecule has 0 atom stereocenters. The van der Waals surface area contributed by atoms with Crippen molar-refractivity contribution in [3.05, 3.63) is 107 Å². The van der Waals surface area contributed by atoms with Crippen LogP contribution in [-0.2, 0) is 26.2 Å². The molecule has 2 aromatic carbocycles. The number of aryl methyl sites for hydroxylation is 2. The van der Waals surface area contributed by atoms with Crippen LogP contribution in [0.25, 0.3) is 10.8 Å². The highest BCUT2D eigenvalue weighted by Gasteiger charge is 2.39. The highest BCUT2D eigenvalue weighted by atomic mass is 79.9. The summed E-state index contributed by atoms with van der Waals surface area (Å²) in [5.74, 6) is -1.72. The summed E-state index contributed by atoms with van der Waals surface area (Å²) in [5.41, 5.74) is 2.99. The molecule has 4 amide bonds. The molecule has 228 valence electrons. The van der Waals surface area contributed by atoms with E-state index in [0.29, 0.717) is 33.0 Å².